The lowest BCUT2D eigenvalue weighted by molar-refractivity contribution is -0.161. The van der Waals surface area contributed by atoms with Crippen molar-refractivity contribution < 1.29 is 37.6 Å². The number of phosphoric acid groups is 1. The van der Waals surface area contributed by atoms with Crippen molar-refractivity contribution in [3.05, 3.63) is 36.5 Å². The van der Waals surface area contributed by atoms with E-state index in [2.05, 4.69) is 50.3 Å². The number of carbonyl (C=O) groups is 2. The molecule has 0 radical (unpaired) electrons. The largest absolute Gasteiger partial charge is 0.472 e. The van der Waals surface area contributed by atoms with Gasteiger partial charge in [0.25, 0.3) is 0 Å². The van der Waals surface area contributed by atoms with Gasteiger partial charge in [-0.15, -0.1) is 0 Å². The van der Waals surface area contributed by atoms with Gasteiger partial charge in [-0.25, -0.2) is 4.57 Å². The zero-order valence-corrected chi connectivity index (χ0v) is 46.2. The molecule has 0 bridgehead atoms. The van der Waals surface area contributed by atoms with Gasteiger partial charge in [0.15, 0.2) is 6.10 Å². The molecule has 3 N–H and O–H groups in total. The van der Waals surface area contributed by atoms with Crippen LogP contribution in [-0.2, 0) is 32.7 Å². The number of phosphoric ester groups is 1. The Balaban J connectivity index is 3.90. The van der Waals surface area contributed by atoms with E-state index in [1.165, 1.54) is 212 Å². The summed E-state index contributed by atoms with van der Waals surface area (Å²) in [6.45, 7) is 3.76. The number of rotatable bonds is 56. The molecule has 0 aromatic heterocycles. The number of hydrogen-bond donors (Lipinski definition) is 2. The van der Waals surface area contributed by atoms with Crippen molar-refractivity contribution in [2.75, 3.05) is 26.4 Å². The maximum atomic E-state index is 12.7. The van der Waals surface area contributed by atoms with E-state index < -0.39 is 26.5 Å². The van der Waals surface area contributed by atoms with Crippen LogP contribution in [0.4, 0.5) is 0 Å². The zero-order chi connectivity index (χ0) is 50.2. The Morgan fingerprint density at radius 2 is 0.754 bits per heavy atom. The molecule has 0 fully saturated rings. The molecule has 0 spiro atoms. The summed E-state index contributed by atoms with van der Waals surface area (Å²) in [5.74, 6) is -0.819. The highest BCUT2D eigenvalue weighted by Crippen LogP contribution is 2.43. The third kappa shape index (κ3) is 55.4. The first-order valence-electron chi connectivity index (χ1n) is 29.5. The number of carbonyl (C=O) groups excluding carboxylic acids is 2. The number of nitrogens with two attached hydrogens (primary N) is 1. The van der Waals surface area contributed by atoms with Crippen LogP contribution in [0, 0.1) is 0 Å². The van der Waals surface area contributed by atoms with E-state index in [4.69, 9.17) is 24.3 Å². The summed E-state index contributed by atoms with van der Waals surface area (Å²) >= 11 is 0. The van der Waals surface area contributed by atoms with Gasteiger partial charge < -0.3 is 20.1 Å². The van der Waals surface area contributed by atoms with Crippen LogP contribution in [0.2, 0.25) is 0 Å². The Kier molecular flexibility index (Phi) is 54.1. The number of esters is 2. The van der Waals surface area contributed by atoms with E-state index >= 15 is 0 Å². The summed E-state index contributed by atoms with van der Waals surface area (Å²) in [4.78, 5) is 35.2. The summed E-state index contributed by atoms with van der Waals surface area (Å²) in [6, 6.07) is 0. The van der Waals surface area contributed by atoms with Gasteiger partial charge in [-0.1, -0.05) is 249 Å². The lowest BCUT2D eigenvalue weighted by atomic mass is 10.0. The van der Waals surface area contributed by atoms with E-state index in [1.54, 1.807) is 0 Å². The van der Waals surface area contributed by atoms with E-state index in [-0.39, 0.29) is 38.6 Å². The zero-order valence-electron chi connectivity index (χ0n) is 45.3. The Morgan fingerprint density at radius 1 is 0.435 bits per heavy atom. The summed E-state index contributed by atoms with van der Waals surface area (Å²) in [7, 11) is -4.39. The van der Waals surface area contributed by atoms with Gasteiger partial charge >= 0.3 is 19.8 Å². The molecule has 10 heteroatoms. The molecule has 0 amide bonds. The molecule has 0 aliphatic carbocycles. The quantitative estimate of drug-likeness (QED) is 0.0264. The third-order valence-corrected chi connectivity index (χ3v) is 14.0. The van der Waals surface area contributed by atoms with Crippen molar-refractivity contribution in [3.63, 3.8) is 0 Å². The fourth-order valence-corrected chi connectivity index (χ4v) is 9.37. The molecule has 0 aliphatic heterocycles. The standard InChI is InChI=1S/C59H112NO8P/c1-3-5-7-9-11-13-15-17-19-21-23-24-25-26-27-28-29-30-31-32-34-35-37-39-41-43-45-47-49-51-58(61)65-55-57(56-67-69(63,64)66-54-53-60)68-59(62)52-50-48-46-44-42-40-38-36-33-22-20-18-16-14-12-10-8-6-4-2/h12,14,18,20-21,23,57H,3-11,13,15-17,19,22,24-56,60H2,1-2H3,(H,63,64)/b14-12-,20-18-,23-21-. The molecule has 0 saturated heterocycles. The van der Waals surface area contributed by atoms with Gasteiger partial charge in [0.1, 0.15) is 6.61 Å². The SMILES string of the molecule is CCCCC/C=C\C/C=C\CCCCCCCCCCCC(=O)OC(COC(=O)CCCCCCCCCCCCCCCCCCC/C=C\CCCCCCCCCC)COP(=O)(O)OCCN. The molecule has 0 heterocycles. The van der Waals surface area contributed by atoms with Crippen LogP contribution in [0.3, 0.4) is 0 Å². The Bertz CT molecular complexity index is 1220. The average Bonchev–Trinajstić information content (AvgIpc) is 3.34. The van der Waals surface area contributed by atoms with Gasteiger partial charge in [-0.05, 0) is 70.6 Å². The van der Waals surface area contributed by atoms with Crippen LogP contribution in [0.1, 0.15) is 296 Å². The lowest BCUT2D eigenvalue weighted by Crippen LogP contribution is -2.29. The van der Waals surface area contributed by atoms with Crippen LogP contribution in [0.25, 0.3) is 0 Å². The van der Waals surface area contributed by atoms with Crippen LogP contribution in [0.5, 0.6) is 0 Å². The molecular weight excluding hydrogens is 882 g/mol. The molecule has 9 nitrogen and oxygen atoms in total. The van der Waals surface area contributed by atoms with Crippen molar-refractivity contribution >= 4 is 19.8 Å². The smallest absolute Gasteiger partial charge is 0.462 e. The number of hydrogen-bond acceptors (Lipinski definition) is 8. The molecule has 2 atom stereocenters. The third-order valence-electron chi connectivity index (χ3n) is 13.0. The molecular formula is C59H112NO8P. The van der Waals surface area contributed by atoms with E-state index in [1.807, 2.05) is 0 Å². The summed E-state index contributed by atoms with van der Waals surface area (Å²) in [6.07, 6.45) is 66.3. The number of allylic oxidation sites excluding steroid dienone is 6. The minimum atomic E-state index is -4.39. The first-order valence-corrected chi connectivity index (χ1v) is 31.0. The monoisotopic (exact) mass is 994 g/mol. The van der Waals surface area contributed by atoms with Crippen molar-refractivity contribution in [2.45, 2.75) is 302 Å². The predicted molar refractivity (Wildman–Crippen MR) is 294 cm³/mol. The first-order chi connectivity index (χ1) is 33.8. The second-order valence-electron chi connectivity index (χ2n) is 19.9. The van der Waals surface area contributed by atoms with Crippen molar-refractivity contribution in [3.8, 4) is 0 Å². The summed E-state index contributed by atoms with van der Waals surface area (Å²) in [5.41, 5.74) is 5.38. The van der Waals surface area contributed by atoms with Gasteiger partial charge in [0.2, 0.25) is 0 Å². The fraction of sp³-hybridized carbons (Fsp3) is 0.864. The Morgan fingerprint density at radius 3 is 1.14 bits per heavy atom. The molecule has 0 aliphatic rings. The van der Waals surface area contributed by atoms with Gasteiger partial charge in [0.05, 0.1) is 13.2 Å². The predicted octanol–water partition coefficient (Wildman–Crippen LogP) is 18.4. The molecule has 2 unspecified atom stereocenters. The van der Waals surface area contributed by atoms with Gasteiger partial charge in [0, 0.05) is 19.4 Å². The molecule has 0 rings (SSSR count). The van der Waals surface area contributed by atoms with Crippen LogP contribution in [-0.4, -0.2) is 49.3 Å². The minimum Gasteiger partial charge on any atom is -0.462 e. The number of unbranched alkanes of at least 4 members (excludes halogenated alkanes) is 37. The van der Waals surface area contributed by atoms with Crippen molar-refractivity contribution in [1.82, 2.24) is 0 Å². The molecule has 406 valence electrons. The Labute approximate surface area is 426 Å². The van der Waals surface area contributed by atoms with E-state index in [0.717, 1.165) is 51.4 Å². The molecule has 69 heavy (non-hydrogen) atoms. The maximum Gasteiger partial charge on any atom is 0.472 e. The van der Waals surface area contributed by atoms with Gasteiger partial charge in [-0.3, -0.25) is 18.6 Å². The van der Waals surface area contributed by atoms with E-state index in [0.29, 0.717) is 6.42 Å². The highest BCUT2D eigenvalue weighted by Gasteiger charge is 2.26. The normalized spacial score (nSPS) is 13.3. The van der Waals surface area contributed by atoms with Crippen molar-refractivity contribution in [2.24, 2.45) is 5.73 Å². The van der Waals surface area contributed by atoms with Crippen LogP contribution < -0.4 is 5.73 Å². The summed E-state index contributed by atoms with van der Waals surface area (Å²) < 4.78 is 33.0. The van der Waals surface area contributed by atoms with Crippen molar-refractivity contribution in [1.29, 1.82) is 0 Å². The van der Waals surface area contributed by atoms with Crippen LogP contribution in [0.15, 0.2) is 36.5 Å². The van der Waals surface area contributed by atoms with E-state index in [9.17, 15) is 19.0 Å². The summed E-state index contributed by atoms with van der Waals surface area (Å²) in [5, 5.41) is 0. The lowest BCUT2D eigenvalue weighted by Gasteiger charge is -2.19. The first kappa shape index (κ1) is 67.2. The second-order valence-corrected chi connectivity index (χ2v) is 21.3. The second kappa shape index (κ2) is 55.5. The maximum absolute atomic E-state index is 12.7. The average molecular weight is 995 g/mol. The topological polar surface area (TPSA) is 134 Å². The molecule has 0 aromatic rings. The molecule has 0 saturated carbocycles. The van der Waals surface area contributed by atoms with Gasteiger partial charge in [-0.2, -0.15) is 0 Å². The Hall–Kier alpha value is -1.77. The highest BCUT2D eigenvalue weighted by atomic mass is 31.2. The fourth-order valence-electron chi connectivity index (χ4n) is 8.60. The minimum absolute atomic E-state index is 0.0537. The highest BCUT2D eigenvalue weighted by molar-refractivity contribution is 7.47. The van der Waals surface area contributed by atoms with Crippen LogP contribution >= 0.6 is 7.82 Å². The molecule has 0 aromatic carbocycles. The number of ether oxygens (including phenoxy) is 2.